The zero-order chi connectivity index (χ0) is 15.9. The van der Waals surface area contributed by atoms with Crippen molar-refractivity contribution in [1.82, 2.24) is 19.8 Å². The summed E-state index contributed by atoms with van der Waals surface area (Å²) in [5.41, 5.74) is 7.37. The van der Waals surface area contributed by atoms with Gasteiger partial charge in [0, 0.05) is 12.5 Å². The summed E-state index contributed by atoms with van der Waals surface area (Å²) in [5.74, 6) is 0.612. The number of hydrogen-bond acceptors (Lipinski definition) is 4. The second-order valence-electron chi connectivity index (χ2n) is 7.02. The van der Waals surface area contributed by atoms with Gasteiger partial charge in [-0.3, -0.25) is 0 Å². The number of rotatable bonds is 4. The third-order valence-corrected chi connectivity index (χ3v) is 5.18. The van der Waals surface area contributed by atoms with Crippen molar-refractivity contribution in [2.75, 3.05) is 5.32 Å². The van der Waals surface area contributed by atoms with Gasteiger partial charge in [-0.05, 0) is 61.3 Å². The Morgan fingerprint density at radius 1 is 1.08 bits per heavy atom. The van der Waals surface area contributed by atoms with Crippen LogP contribution in [0.2, 0.25) is 0 Å². The van der Waals surface area contributed by atoms with Gasteiger partial charge < -0.3 is 5.32 Å². The molecular weight excluding hydrogens is 298 g/mol. The Morgan fingerprint density at radius 2 is 1.96 bits per heavy atom. The fourth-order valence-electron chi connectivity index (χ4n) is 3.65. The van der Waals surface area contributed by atoms with Crippen molar-refractivity contribution in [3.63, 3.8) is 0 Å². The molecule has 5 heteroatoms. The van der Waals surface area contributed by atoms with Crippen LogP contribution in [-0.4, -0.2) is 19.8 Å². The molecule has 0 unspecified atom stereocenters. The molecule has 2 aliphatic carbocycles. The van der Waals surface area contributed by atoms with E-state index in [1.165, 1.54) is 55.2 Å². The van der Waals surface area contributed by atoms with Crippen LogP contribution in [-0.2, 0) is 19.4 Å². The molecule has 3 aromatic rings. The molecule has 2 aromatic heterocycles. The second kappa shape index (κ2) is 5.58. The second-order valence-corrected chi connectivity index (χ2v) is 7.02. The van der Waals surface area contributed by atoms with Crippen molar-refractivity contribution in [3.05, 3.63) is 53.0 Å². The Hall–Kier alpha value is -2.43. The van der Waals surface area contributed by atoms with Gasteiger partial charge in [-0.1, -0.05) is 18.2 Å². The molecule has 0 aliphatic heterocycles. The first-order valence-electron chi connectivity index (χ1n) is 8.92. The smallest absolute Gasteiger partial charge is 0.200 e. The minimum atomic E-state index is 0.612. The molecule has 1 fully saturated rings. The van der Waals surface area contributed by atoms with E-state index in [1.807, 2.05) is 0 Å². The van der Waals surface area contributed by atoms with Crippen molar-refractivity contribution in [1.29, 1.82) is 0 Å². The van der Waals surface area contributed by atoms with Crippen molar-refractivity contribution in [2.45, 2.75) is 51.0 Å². The first kappa shape index (κ1) is 14.0. The lowest BCUT2D eigenvalue weighted by Crippen LogP contribution is -2.07. The summed E-state index contributed by atoms with van der Waals surface area (Å²) in [7, 11) is 0. The summed E-state index contributed by atoms with van der Waals surface area (Å²) >= 11 is 0. The van der Waals surface area contributed by atoms with Crippen molar-refractivity contribution < 1.29 is 0 Å². The van der Waals surface area contributed by atoms with Crippen LogP contribution >= 0.6 is 0 Å². The van der Waals surface area contributed by atoms with Gasteiger partial charge in [0.25, 0.3) is 0 Å². The van der Waals surface area contributed by atoms with E-state index in [-0.39, 0.29) is 0 Å². The molecule has 122 valence electrons. The van der Waals surface area contributed by atoms with Gasteiger partial charge in [0.15, 0.2) is 0 Å². The van der Waals surface area contributed by atoms with E-state index in [9.17, 15) is 0 Å². The molecule has 1 aromatic carbocycles. The number of fused-ring (bicyclic) bond motifs is 2. The first-order valence-corrected chi connectivity index (χ1v) is 8.92. The van der Waals surface area contributed by atoms with Gasteiger partial charge in [0.1, 0.15) is 6.33 Å². The van der Waals surface area contributed by atoms with Gasteiger partial charge in [-0.2, -0.15) is 9.61 Å². The predicted octanol–water partition coefficient (Wildman–Crippen LogP) is 3.49. The van der Waals surface area contributed by atoms with E-state index in [1.54, 1.807) is 10.8 Å². The minimum absolute atomic E-state index is 0.612. The van der Waals surface area contributed by atoms with Crippen LogP contribution in [0.5, 0.6) is 0 Å². The highest BCUT2D eigenvalue weighted by Gasteiger charge is 2.26. The molecule has 2 aliphatic rings. The Balaban J connectivity index is 1.41. The number of nitrogens with one attached hydrogen (secondary N) is 1. The third kappa shape index (κ3) is 2.54. The van der Waals surface area contributed by atoms with Crippen molar-refractivity contribution in [3.8, 4) is 0 Å². The van der Waals surface area contributed by atoms with E-state index in [0.717, 1.165) is 23.6 Å². The monoisotopic (exact) mass is 319 g/mol. The number of benzene rings is 1. The largest absolute Gasteiger partial charge is 0.378 e. The predicted molar refractivity (Wildman–Crippen MR) is 93.2 cm³/mol. The lowest BCUT2D eigenvalue weighted by atomic mass is 9.90. The van der Waals surface area contributed by atoms with E-state index >= 15 is 0 Å². The molecule has 1 saturated carbocycles. The van der Waals surface area contributed by atoms with Gasteiger partial charge in [0.2, 0.25) is 5.65 Å². The zero-order valence-electron chi connectivity index (χ0n) is 13.7. The Morgan fingerprint density at radius 3 is 2.83 bits per heavy atom. The van der Waals surface area contributed by atoms with Crippen LogP contribution in [0.1, 0.15) is 54.0 Å². The standard InChI is InChI=1S/C19H21N5/c1-2-4-16-9-13(5-6-14(16)3-1)11-20-18-10-17(15-7-8-15)23-24-12-21-22-19(18)24/h5-6,9-10,12,15,20H,1-4,7-8,11H2. The fourth-order valence-corrected chi connectivity index (χ4v) is 3.65. The van der Waals surface area contributed by atoms with Gasteiger partial charge in [0.05, 0.1) is 11.4 Å². The molecule has 5 rings (SSSR count). The van der Waals surface area contributed by atoms with Gasteiger partial charge >= 0.3 is 0 Å². The Bertz CT molecular complexity index is 894. The van der Waals surface area contributed by atoms with Gasteiger partial charge in [-0.15, -0.1) is 10.2 Å². The number of nitrogens with zero attached hydrogens (tertiary/aromatic N) is 4. The van der Waals surface area contributed by atoms with E-state index in [4.69, 9.17) is 0 Å². The van der Waals surface area contributed by atoms with Crippen LogP contribution in [0.3, 0.4) is 0 Å². The lowest BCUT2D eigenvalue weighted by molar-refractivity contribution is 0.684. The van der Waals surface area contributed by atoms with Crippen molar-refractivity contribution in [2.24, 2.45) is 0 Å². The molecule has 1 N–H and O–H groups in total. The maximum absolute atomic E-state index is 4.62. The molecule has 0 radical (unpaired) electrons. The van der Waals surface area contributed by atoms with Crippen LogP contribution < -0.4 is 5.32 Å². The van der Waals surface area contributed by atoms with E-state index in [2.05, 4.69) is 44.9 Å². The van der Waals surface area contributed by atoms with Crippen LogP contribution in [0.25, 0.3) is 5.65 Å². The maximum Gasteiger partial charge on any atom is 0.200 e. The zero-order valence-corrected chi connectivity index (χ0v) is 13.7. The molecule has 2 heterocycles. The Labute approximate surface area is 141 Å². The number of aromatic nitrogens is 4. The molecule has 0 atom stereocenters. The normalized spacial score (nSPS) is 17.0. The molecular formula is C19H21N5. The van der Waals surface area contributed by atoms with Crippen LogP contribution in [0.15, 0.2) is 30.6 Å². The maximum atomic E-state index is 4.62. The quantitative estimate of drug-likeness (QED) is 0.800. The first-order chi connectivity index (χ1) is 11.9. The SMILES string of the molecule is c1cc2c(cc1CNc1cc(C3CC3)nn3cnnc13)CCCC2. The third-order valence-electron chi connectivity index (χ3n) is 5.18. The lowest BCUT2D eigenvalue weighted by Gasteiger charge is -2.17. The highest BCUT2D eigenvalue weighted by Crippen LogP contribution is 2.40. The fraction of sp³-hybridized carbons (Fsp3) is 0.421. The average molecular weight is 319 g/mol. The summed E-state index contributed by atoms with van der Waals surface area (Å²) in [6, 6.07) is 9.08. The van der Waals surface area contributed by atoms with E-state index < -0.39 is 0 Å². The average Bonchev–Trinajstić information content (AvgIpc) is 3.37. The van der Waals surface area contributed by atoms with E-state index in [0.29, 0.717) is 5.92 Å². The van der Waals surface area contributed by atoms with Crippen molar-refractivity contribution >= 4 is 11.3 Å². The minimum Gasteiger partial charge on any atom is -0.378 e. The van der Waals surface area contributed by atoms with Gasteiger partial charge in [-0.25, -0.2) is 0 Å². The molecule has 24 heavy (non-hydrogen) atoms. The molecule has 0 amide bonds. The highest BCUT2D eigenvalue weighted by molar-refractivity contribution is 5.67. The topological polar surface area (TPSA) is 55.1 Å². The number of hydrogen-bond donors (Lipinski definition) is 1. The highest BCUT2D eigenvalue weighted by atomic mass is 15.3. The molecule has 0 bridgehead atoms. The van der Waals surface area contributed by atoms with Crippen LogP contribution in [0.4, 0.5) is 5.69 Å². The molecule has 0 spiro atoms. The molecule has 5 nitrogen and oxygen atoms in total. The number of aryl methyl sites for hydroxylation is 2. The van der Waals surface area contributed by atoms with Crippen LogP contribution in [0, 0.1) is 0 Å². The number of anilines is 1. The summed E-state index contributed by atoms with van der Waals surface area (Å²) in [4.78, 5) is 0. The Kier molecular flexibility index (Phi) is 3.25. The summed E-state index contributed by atoms with van der Waals surface area (Å²) < 4.78 is 1.79. The molecule has 0 saturated heterocycles. The summed E-state index contributed by atoms with van der Waals surface area (Å²) in [6.45, 7) is 0.809. The summed E-state index contributed by atoms with van der Waals surface area (Å²) in [5, 5.41) is 16.4. The summed E-state index contributed by atoms with van der Waals surface area (Å²) in [6.07, 6.45) is 9.27.